The second-order valence-electron chi connectivity index (χ2n) is 6.57. The maximum atomic E-state index is 12.5. The van der Waals surface area contributed by atoms with Crippen molar-refractivity contribution in [2.45, 2.75) is 0 Å². The number of nitrogens with one attached hydrogen (secondary N) is 1. The molecule has 1 N–H and O–H groups in total. The summed E-state index contributed by atoms with van der Waals surface area (Å²) < 4.78 is 1.46. The number of rotatable bonds is 2. The Labute approximate surface area is 154 Å². The number of hydrogen-bond acceptors (Lipinski definition) is 5. The summed E-state index contributed by atoms with van der Waals surface area (Å²) in [5.74, 6) is -0.170. The minimum atomic E-state index is -0.283. The lowest BCUT2D eigenvalue weighted by molar-refractivity contribution is 0.0740. The Kier molecular flexibility index (Phi) is 4.23. The van der Waals surface area contributed by atoms with Crippen molar-refractivity contribution < 1.29 is 4.79 Å². The first-order valence-corrected chi connectivity index (χ1v) is 8.72. The monoisotopic (exact) mass is 365 g/mol. The normalized spacial score (nSPS) is 14.6. The highest BCUT2D eigenvalue weighted by molar-refractivity contribution is 5.92. The van der Waals surface area contributed by atoms with E-state index in [4.69, 9.17) is 0 Å². The number of hydrogen-bond donors (Lipinski definition) is 1. The highest BCUT2D eigenvalue weighted by Gasteiger charge is 2.23. The first-order valence-electron chi connectivity index (χ1n) is 8.72. The van der Waals surface area contributed by atoms with Crippen LogP contribution in [0.4, 0.5) is 5.69 Å². The Bertz CT molecular complexity index is 1130. The molecule has 2 aromatic heterocycles. The zero-order valence-corrected chi connectivity index (χ0v) is 14.9. The van der Waals surface area contributed by atoms with Gasteiger partial charge in [-0.3, -0.25) is 14.4 Å². The van der Waals surface area contributed by atoms with Crippen LogP contribution in [0, 0.1) is 0 Å². The molecule has 1 amide bonds. The van der Waals surface area contributed by atoms with E-state index in [9.17, 15) is 14.4 Å². The minimum absolute atomic E-state index is 0.0705. The molecule has 0 bridgehead atoms. The molecule has 1 fully saturated rings. The molecule has 138 valence electrons. The number of fused-ring (bicyclic) bond motifs is 1. The number of anilines is 1. The van der Waals surface area contributed by atoms with Gasteiger partial charge in [-0.2, -0.15) is 0 Å². The minimum Gasteiger partial charge on any atom is -0.368 e. The predicted octanol–water partition coefficient (Wildman–Crippen LogP) is 0.584. The molecule has 1 saturated heterocycles. The predicted molar refractivity (Wildman–Crippen MR) is 102 cm³/mol. The number of H-pyrrole nitrogens is 1. The molecule has 1 aliphatic heterocycles. The zero-order chi connectivity index (χ0) is 19.0. The van der Waals surface area contributed by atoms with Gasteiger partial charge in [-0.05, 0) is 24.3 Å². The molecule has 1 aromatic carbocycles. The highest BCUT2D eigenvalue weighted by Crippen LogP contribution is 2.20. The second-order valence-corrected chi connectivity index (χ2v) is 6.57. The first-order chi connectivity index (χ1) is 13.0. The molecule has 0 atom stereocenters. The van der Waals surface area contributed by atoms with E-state index in [1.807, 2.05) is 12.1 Å². The van der Waals surface area contributed by atoms with Gasteiger partial charge in [0.05, 0.1) is 17.2 Å². The number of aromatic amines is 1. The smallest absolute Gasteiger partial charge is 0.270 e. The van der Waals surface area contributed by atoms with Crippen LogP contribution in [0.25, 0.3) is 10.9 Å². The van der Waals surface area contributed by atoms with E-state index in [2.05, 4.69) is 14.9 Å². The third-order valence-corrected chi connectivity index (χ3v) is 4.83. The lowest BCUT2D eigenvalue weighted by atomic mass is 10.2. The van der Waals surface area contributed by atoms with Crippen molar-refractivity contribution in [2.24, 2.45) is 7.05 Å². The molecular formula is C19H19N5O3. The van der Waals surface area contributed by atoms with Crippen LogP contribution in [0.5, 0.6) is 0 Å². The Morgan fingerprint density at radius 1 is 1.07 bits per heavy atom. The summed E-state index contributed by atoms with van der Waals surface area (Å²) in [6.45, 7) is 2.44. The molecule has 3 aromatic rings. The largest absolute Gasteiger partial charge is 0.368 e. The highest BCUT2D eigenvalue weighted by atomic mass is 16.2. The van der Waals surface area contributed by atoms with Gasteiger partial charge in [0.25, 0.3) is 11.5 Å². The fourth-order valence-electron chi connectivity index (χ4n) is 3.31. The van der Waals surface area contributed by atoms with Crippen molar-refractivity contribution in [1.82, 2.24) is 19.4 Å². The van der Waals surface area contributed by atoms with E-state index in [1.54, 1.807) is 30.1 Å². The average molecular weight is 365 g/mol. The van der Waals surface area contributed by atoms with Crippen molar-refractivity contribution in [3.8, 4) is 0 Å². The molecule has 0 aliphatic carbocycles. The Hall–Kier alpha value is -3.42. The molecule has 0 radical (unpaired) electrons. The average Bonchev–Trinajstić information content (AvgIpc) is 2.70. The maximum Gasteiger partial charge on any atom is 0.270 e. The van der Waals surface area contributed by atoms with Gasteiger partial charge in [0.15, 0.2) is 0 Å². The second kappa shape index (κ2) is 6.71. The van der Waals surface area contributed by atoms with Crippen molar-refractivity contribution in [1.29, 1.82) is 0 Å². The van der Waals surface area contributed by atoms with E-state index in [0.717, 1.165) is 5.69 Å². The van der Waals surface area contributed by atoms with Crippen LogP contribution in [0.15, 0.2) is 52.3 Å². The lowest BCUT2D eigenvalue weighted by Crippen LogP contribution is -2.49. The van der Waals surface area contributed by atoms with Gasteiger partial charge in [0.2, 0.25) is 5.56 Å². The lowest BCUT2D eigenvalue weighted by Gasteiger charge is -2.36. The number of aromatic nitrogens is 3. The third-order valence-electron chi connectivity index (χ3n) is 4.83. The fraction of sp³-hybridized carbons (Fsp3) is 0.263. The SMILES string of the molecule is Cn1cnc2cc(N3CCN(C(=O)c4cccc(=O)[nH]4)CC3)ccc2c1=O. The summed E-state index contributed by atoms with van der Waals surface area (Å²) in [6, 6.07) is 10.2. The number of piperazine rings is 1. The molecule has 0 saturated carbocycles. The van der Waals surface area contributed by atoms with Crippen LogP contribution >= 0.6 is 0 Å². The summed E-state index contributed by atoms with van der Waals surface area (Å²) in [4.78, 5) is 46.9. The maximum absolute atomic E-state index is 12.5. The van der Waals surface area contributed by atoms with E-state index in [-0.39, 0.29) is 17.0 Å². The van der Waals surface area contributed by atoms with Crippen LogP contribution in [0.3, 0.4) is 0 Å². The first kappa shape index (κ1) is 17.0. The molecule has 4 rings (SSSR count). The number of nitrogens with zero attached hydrogens (tertiary/aromatic N) is 4. The quantitative estimate of drug-likeness (QED) is 0.718. The number of pyridine rings is 1. The van der Waals surface area contributed by atoms with E-state index >= 15 is 0 Å². The van der Waals surface area contributed by atoms with Gasteiger partial charge in [-0.15, -0.1) is 0 Å². The fourth-order valence-corrected chi connectivity index (χ4v) is 3.31. The van der Waals surface area contributed by atoms with Crippen LogP contribution in [0.2, 0.25) is 0 Å². The van der Waals surface area contributed by atoms with Crippen LogP contribution in [0.1, 0.15) is 10.5 Å². The summed E-state index contributed by atoms with van der Waals surface area (Å²) in [5, 5.41) is 0.589. The number of aryl methyl sites for hydroxylation is 1. The molecule has 8 heteroatoms. The third kappa shape index (κ3) is 3.21. The van der Waals surface area contributed by atoms with Crippen molar-refractivity contribution in [2.75, 3.05) is 31.1 Å². The summed E-state index contributed by atoms with van der Waals surface area (Å²) in [6.07, 6.45) is 1.52. The van der Waals surface area contributed by atoms with Crippen molar-refractivity contribution in [3.05, 3.63) is 69.1 Å². The summed E-state index contributed by atoms with van der Waals surface area (Å²) >= 11 is 0. The van der Waals surface area contributed by atoms with Gasteiger partial charge >= 0.3 is 0 Å². The molecule has 3 heterocycles. The summed E-state index contributed by atoms with van der Waals surface area (Å²) in [7, 11) is 1.68. The molecular weight excluding hydrogens is 346 g/mol. The van der Waals surface area contributed by atoms with Gasteiger partial charge in [-0.1, -0.05) is 6.07 Å². The topological polar surface area (TPSA) is 91.3 Å². The number of amides is 1. The summed E-state index contributed by atoms with van der Waals surface area (Å²) in [5.41, 5.74) is 1.59. The van der Waals surface area contributed by atoms with Gasteiger partial charge < -0.3 is 19.4 Å². The van der Waals surface area contributed by atoms with Gasteiger partial charge in [-0.25, -0.2) is 4.98 Å². The Morgan fingerprint density at radius 2 is 1.85 bits per heavy atom. The van der Waals surface area contributed by atoms with Crippen LogP contribution in [-0.4, -0.2) is 51.5 Å². The Balaban J connectivity index is 1.50. The molecule has 8 nitrogen and oxygen atoms in total. The van der Waals surface area contributed by atoms with E-state index in [1.165, 1.54) is 17.0 Å². The molecule has 1 aliphatic rings. The van der Waals surface area contributed by atoms with E-state index in [0.29, 0.717) is 42.8 Å². The molecule has 0 unspecified atom stereocenters. The number of benzene rings is 1. The number of carbonyl (C=O) groups is 1. The molecule has 27 heavy (non-hydrogen) atoms. The van der Waals surface area contributed by atoms with Gasteiger partial charge in [0.1, 0.15) is 5.69 Å². The van der Waals surface area contributed by atoms with Crippen LogP contribution in [-0.2, 0) is 7.05 Å². The van der Waals surface area contributed by atoms with Crippen molar-refractivity contribution in [3.63, 3.8) is 0 Å². The standard InChI is InChI=1S/C19H19N5O3/c1-22-12-20-16-11-13(5-6-14(16)18(22)26)23-7-9-24(10-8-23)19(27)15-3-2-4-17(25)21-15/h2-6,11-12H,7-10H2,1H3,(H,21,25). The molecule has 0 spiro atoms. The van der Waals surface area contributed by atoms with Gasteiger partial charge in [0, 0.05) is 45.0 Å². The van der Waals surface area contributed by atoms with E-state index < -0.39 is 0 Å². The number of carbonyl (C=O) groups excluding carboxylic acids is 1. The Morgan fingerprint density at radius 3 is 2.59 bits per heavy atom. The van der Waals surface area contributed by atoms with Crippen LogP contribution < -0.4 is 16.0 Å². The zero-order valence-electron chi connectivity index (χ0n) is 14.9. The van der Waals surface area contributed by atoms with Crippen molar-refractivity contribution >= 4 is 22.5 Å².